The molecular formula is C17H20N4O4. The number of hydrogen-bond acceptors (Lipinski definition) is 5. The van der Waals surface area contributed by atoms with Crippen LogP contribution in [0.15, 0.2) is 36.5 Å². The standard InChI is InChI=1S/C17H20N4O4/c22-15(18-12-17(16(23)24)6-8-25-9-7-17)11-21-10-14(19-20-21)13-4-2-1-3-5-13/h1-5,10H,6-9,11-12H2,(H,18,22)(H,23,24). The van der Waals surface area contributed by atoms with Gasteiger partial charge >= 0.3 is 5.97 Å². The molecule has 0 unspecified atom stereocenters. The lowest BCUT2D eigenvalue weighted by molar-refractivity contribution is -0.154. The van der Waals surface area contributed by atoms with Crippen molar-refractivity contribution in [2.75, 3.05) is 19.8 Å². The fraction of sp³-hybridized carbons (Fsp3) is 0.412. The Morgan fingerprint density at radius 1 is 1.24 bits per heavy atom. The molecular weight excluding hydrogens is 324 g/mol. The summed E-state index contributed by atoms with van der Waals surface area (Å²) in [5, 5.41) is 20.2. The first kappa shape index (κ1) is 17.1. The van der Waals surface area contributed by atoms with Gasteiger partial charge in [0.25, 0.3) is 0 Å². The molecule has 0 aliphatic carbocycles. The summed E-state index contributed by atoms with van der Waals surface area (Å²) < 4.78 is 6.66. The molecule has 2 N–H and O–H groups in total. The number of benzene rings is 1. The van der Waals surface area contributed by atoms with Gasteiger partial charge in [0.2, 0.25) is 5.91 Å². The van der Waals surface area contributed by atoms with Crippen molar-refractivity contribution in [3.8, 4) is 11.3 Å². The maximum absolute atomic E-state index is 12.1. The number of carboxylic acids is 1. The van der Waals surface area contributed by atoms with E-state index in [1.807, 2.05) is 30.3 Å². The third-order valence-electron chi connectivity index (χ3n) is 4.44. The molecule has 3 rings (SSSR count). The van der Waals surface area contributed by atoms with Crippen molar-refractivity contribution in [3.05, 3.63) is 36.5 Å². The van der Waals surface area contributed by atoms with Gasteiger partial charge in [0.05, 0.1) is 11.6 Å². The summed E-state index contributed by atoms with van der Waals surface area (Å²) in [5.74, 6) is -1.19. The van der Waals surface area contributed by atoms with Gasteiger partial charge in [-0.3, -0.25) is 9.59 Å². The molecule has 0 bridgehead atoms. The number of hydrogen-bond donors (Lipinski definition) is 2. The number of nitrogens with zero attached hydrogens (tertiary/aromatic N) is 3. The van der Waals surface area contributed by atoms with E-state index in [0.717, 1.165) is 5.56 Å². The molecule has 2 aromatic rings. The topological polar surface area (TPSA) is 106 Å². The molecule has 1 aromatic heterocycles. The van der Waals surface area contributed by atoms with Crippen LogP contribution >= 0.6 is 0 Å². The van der Waals surface area contributed by atoms with E-state index in [0.29, 0.717) is 31.7 Å². The minimum Gasteiger partial charge on any atom is -0.481 e. The average molecular weight is 344 g/mol. The molecule has 0 radical (unpaired) electrons. The highest BCUT2D eigenvalue weighted by Gasteiger charge is 2.40. The van der Waals surface area contributed by atoms with Crippen LogP contribution in [0.4, 0.5) is 0 Å². The Balaban J connectivity index is 1.58. The van der Waals surface area contributed by atoms with Crippen LogP contribution in [0.3, 0.4) is 0 Å². The Labute approximate surface area is 144 Å². The Morgan fingerprint density at radius 2 is 1.96 bits per heavy atom. The van der Waals surface area contributed by atoms with Gasteiger partial charge in [-0.1, -0.05) is 35.5 Å². The Morgan fingerprint density at radius 3 is 2.64 bits per heavy atom. The molecule has 1 amide bonds. The molecule has 25 heavy (non-hydrogen) atoms. The summed E-state index contributed by atoms with van der Waals surface area (Å²) >= 11 is 0. The molecule has 0 atom stereocenters. The van der Waals surface area contributed by atoms with Crippen molar-refractivity contribution >= 4 is 11.9 Å². The normalized spacial score (nSPS) is 16.3. The quantitative estimate of drug-likeness (QED) is 0.808. The predicted molar refractivity (Wildman–Crippen MR) is 88.6 cm³/mol. The first-order valence-electron chi connectivity index (χ1n) is 8.12. The number of amides is 1. The monoisotopic (exact) mass is 344 g/mol. The van der Waals surface area contributed by atoms with E-state index < -0.39 is 11.4 Å². The number of ether oxygens (including phenoxy) is 1. The van der Waals surface area contributed by atoms with E-state index in [-0.39, 0.29) is 19.0 Å². The second-order valence-corrected chi connectivity index (χ2v) is 6.14. The van der Waals surface area contributed by atoms with E-state index in [4.69, 9.17) is 4.74 Å². The van der Waals surface area contributed by atoms with Crippen molar-refractivity contribution < 1.29 is 19.4 Å². The van der Waals surface area contributed by atoms with Gasteiger partial charge in [-0.25, -0.2) is 4.68 Å². The zero-order valence-electron chi connectivity index (χ0n) is 13.7. The number of carboxylic acid groups (broad SMARTS) is 1. The first-order valence-corrected chi connectivity index (χ1v) is 8.12. The number of carbonyl (C=O) groups excluding carboxylic acids is 1. The molecule has 8 nitrogen and oxygen atoms in total. The van der Waals surface area contributed by atoms with E-state index >= 15 is 0 Å². The minimum absolute atomic E-state index is 0.00790. The van der Waals surface area contributed by atoms with Crippen LogP contribution < -0.4 is 5.32 Å². The molecule has 0 saturated carbocycles. The van der Waals surface area contributed by atoms with Crippen LogP contribution in [-0.2, 0) is 20.9 Å². The SMILES string of the molecule is O=C(Cn1cc(-c2ccccc2)nn1)NCC1(C(=O)O)CCOCC1. The van der Waals surface area contributed by atoms with Gasteiger partial charge in [-0.2, -0.15) is 0 Å². The van der Waals surface area contributed by atoms with Crippen molar-refractivity contribution in [2.24, 2.45) is 5.41 Å². The maximum atomic E-state index is 12.1. The molecule has 1 saturated heterocycles. The molecule has 1 aromatic carbocycles. The molecule has 2 heterocycles. The fourth-order valence-electron chi connectivity index (χ4n) is 2.82. The third kappa shape index (κ3) is 4.03. The van der Waals surface area contributed by atoms with Gasteiger partial charge in [-0.05, 0) is 12.8 Å². The Bertz CT molecular complexity index is 738. The van der Waals surface area contributed by atoms with Gasteiger partial charge in [-0.15, -0.1) is 5.10 Å². The zero-order valence-corrected chi connectivity index (χ0v) is 13.7. The van der Waals surface area contributed by atoms with Crippen molar-refractivity contribution in [2.45, 2.75) is 19.4 Å². The number of aliphatic carboxylic acids is 1. The number of nitrogens with one attached hydrogen (secondary N) is 1. The van der Waals surface area contributed by atoms with Crippen LogP contribution in [0.1, 0.15) is 12.8 Å². The van der Waals surface area contributed by atoms with Crippen molar-refractivity contribution in [1.29, 1.82) is 0 Å². The summed E-state index contributed by atoms with van der Waals surface area (Å²) in [6.45, 7) is 0.869. The summed E-state index contributed by atoms with van der Waals surface area (Å²) in [5.41, 5.74) is 0.645. The fourth-order valence-corrected chi connectivity index (χ4v) is 2.82. The smallest absolute Gasteiger partial charge is 0.311 e. The summed E-state index contributed by atoms with van der Waals surface area (Å²) in [7, 11) is 0. The van der Waals surface area contributed by atoms with E-state index in [1.165, 1.54) is 4.68 Å². The summed E-state index contributed by atoms with van der Waals surface area (Å²) in [6, 6.07) is 9.54. The van der Waals surface area contributed by atoms with Gasteiger partial charge < -0.3 is 15.2 Å². The van der Waals surface area contributed by atoms with Crippen LogP contribution in [0.5, 0.6) is 0 Å². The van der Waals surface area contributed by atoms with Crippen LogP contribution in [-0.4, -0.2) is 51.7 Å². The van der Waals surface area contributed by atoms with Crippen molar-refractivity contribution in [1.82, 2.24) is 20.3 Å². The maximum Gasteiger partial charge on any atom is 0.311 e. The van der Waals surface area contributed by atoms with Gasteiger partial charge in [0.15, 0.2) is 0 Å². The summed E-state index contributed by atoms with van der Waals surface area (Å²) in [6.07, 6.45) is 2.48. The van der Waals surface area contributed by atoms with Gasteiger partial charge in [0.1, 0.15) is 12.2 Å². The van der Waals surface area contributed by atoms with Gasteiger partial charge in [0, 0.05) is 25.3 Å². The Hall–Kier alpha value is -2.74. The lowest BCUT2D eigenvalue weighted by atomic mass is 9.80. The third-order valence-corrected chi connectivity index (χ3v) is 4.44. The number of carbonyl (C=O) groups is 2. The Kier molecular flexibility index (Phi) is 5.08. The number of rotatable bonds is 6. The highest BCUT2D eigenvalue weighted by molar-refractivity contribution is 5.79. The largest absolute Gasteiger partial charge is 0.481 e. The first-order chi connectivity index (χ1) is 12.1. The summed E-state index contributed by atoms with van der Waals surface area (Å²) in [4.78, 5) is 23.7. The predicted octanol–water partition coefficient (Wildman–Crippen LogP) is 0.943. The van der Waals surface area contributed by atoms with E-state index in [9.17, 15) is 14.7 Å². The molecule has 0 spiro atoms. The minimum atomic E-state index is -0.953. The molecule has 1 aliphatic heterocycles. The van der Waals surface area contributed by atoms with Crippen LogP contribution in [0, 0.1) is 5.41 Å². The molecule has 132 valence electrons. The van der Waals surface area contributed by atoms with Crippen LogP contribution in [0.2, 0.25) is 0 Å². The van der Waals surface area contributed by atoms with E-state index in [2.05, 4.69) is 15.6 Å². The molecule has 1 fully saturated rings. The van der Waals surface area contributed by atoms with Crippen LogP contribution in [0.25, 0.3) is 11.3 Å². The highest BCUT2D eigenvalue weighted by atomic mass is 16.5. The second-order valence-electron chi connectivity index (χ2n) is 6.14. The highest BCUT2D eigenvalue weighted by Crippen LogP contribution is 2.30. The molecule has 1 aliphatic rings. The lowest BCUT2D eigenvalue weighted by Crippen LogP contribution is -2.47. The average Bonchev–Trinajstić information content (AvgIpc) is 3.10. The van der Waals surface area contributed by atoms with E-state index in [1.54, 1.807) is 6.20 Å². The zero-order chi connectivity index (χ0) is 17.7. The second kappa shape index (κ2) is 7.43. The number of aromatic nitrogens is 3. The van der Waals surface area contributed by atoms with Crippen molar-refractivity contribution in [3.63, 3.8) is 0 Å². The molecule has 8 heteroatoms. The lowest BCUT2D eigenvalue weighted by Gasteiger charge is -2.33.